The molecule has 0 fully saturated rings. The van der Waals surface area contributed by atoms with E-state index in [1.165, 1.54) is 19.2 Å². The second-order valence-electron chi connectivity index (χ2n) is 3.62. The molecule has 1 aromatic carbocycles. The molecule has 2 nitrogen and oxygen atoms in total. The Morgan fingerprint density at radius 1 is 1.33 bits per heavy atom. The fourth-order valence-electron chi connectivity index (χ4n) is 1.40. The molecule has 0 amide bonds. The molecule has 0 spiro atoms. The minimum Gasteiger partial charge on any atom is -0.494 e. The monoisotopic (exact) mass is 282 g/mol. The van der Waals surface area contributed by atoms with E-state index in [1.807, 2.05) is 0 Å². The van der Waals surface area contributed by atoms with Crippen LogP contribution in [0.2, 0.25) is 0 Å². The number of hydrogen-bond donors (Lipinski definition) is 0. The van der Waals surface area contributed by atoms with Gasteiger partial charge in [-0.3, -0.25) is 0 Å². The number of rotatable bonds is 7. The highest BCUT2D eigenvalue weighted by Crippen LogP contribution is 2.28. The van der Waals surface area contributed by atoms with Crippen molar-refractivity contribution in [1.82, 2.24) is 0 Å². The number of halogens is 4. The largest absolute Gasteiger partial charge is 0.494 e. The molecular weight excluding hydrogens is 269 g/mol. The molecule has 6 heteroatoms. The van der Waals surface area contributed by atoms with Crippen LogP contribution in [0.25, 0.3) is 0 Å². The number of benzene rings is 1. The van der Waals surface area contributed by atoms with Crippen molar-refractivity contribution >= 4 is 11.6 Å². The molecule has 1 unspecified atom stereocenters. The summed E-state index contributed by atoms with van der Waals surface area (Å²) in [5.41, 5.74) is 0.565. The number of methoxy groups -OCH3 is 1. The van der Waals surface area contributed by atoms with E-state index in [-0.39, 0.29) is 12.4 Å². The first-order valence-corrected chi connectivity index (χ1v) is 5.81. The molecular formula is C12H14ClF3O2. The van der Waals surface area contributed by atoms with Crippen LogP contribution in [0, 0.1) is 5.82 Å². The molecule has 1 atom stereocenters. The van der Waals surface area contributed by atoms with Crippen LogP contribution in [-0.4, -0.2) is 26.7 Å². The van der Waals surface area contributed by atoms with E-state index in [0.29, 0.717) is 12.0 Å². The lowest BCUT2D eigenvalue weighted by Gasteiger charge is -2.11. The number of hydrogen-bond acceptors (Lipinski definition) is 2. The Kier molecular flexibility index (Phi) is 6.29. The van der Waals surface area contributed by atoms with Gasteiger partial charge in [-0.25, -0.2) is 13.2 Å². The topological polar surface area (TPSA) is 18.5 Å². The van der Waals surface area contributed by atoms with Gasteiger partial charge in [0.1, 0.15) is 6.61 Å². The Morgan fingerprint density at radius 2 is 2.06 bits per heavy atom. The molecule has 0 aliphatic rings. The third-order valence-corrected chi connectivity index (χ3v) is 2.77. The highest BCUT2D eigenvalue weighted by Gasteiger charge is 2.12. The van der Waals surface area contributed by atoms with Gasteiger partial charge in [0.05, 0.1) is 12.5 Å². The standard InChI is InChI=1S/C12H14ClF3O2/c1-17-11-3-2-8(6-10(11)14)9(13)4-5-18-7-12(15)16/h2-3,6,9,12H,4-5,7H2,1H3. The predicted octanol–water partition coefficient (Wildman–Crippen LogP) is 3.79. The fourth-order valence-corrected chi connectivity index (χ4v) is 1.63. The van der Waals surface area contributed by atoms with E-state index in [2.05, 4.69) is 0 Å². The van der Waals surface area contributed by atoms with Gasteiger partial charge in [0.15, 0.2) is 11.6 Å². The van der Waals surface area contributed by atoms with Crippen LogP contribution in [0.5, 0.6) is 5.75 Å². The molecule has 0 bridgehead atoms. The lowest BCUT2D eigenvalue weighted by atomic mass is 10.1. The summed E-state index contributed by atoms with van der Waals surface area (Å²) in [7, 11) is 1.37. The van der Waals surface area contributed by atoms with Crippen LogP contribution < -0.4 is 4.74 Å². The Hall–Kier alpha value is -0.940. The zero-order valence-electron chi connectivity index (χ0n) is 9.84. The third kappa shape index (κ3) is 4.74. The van der Waals surface area contributed by atoms with Crippen molar-refractivity contribution in [3.8, 4) is 5.75 Å². The average molecular weight is 283 g/mol. The maximum atomic E-state index is 13.4. The molecule has 0 saturated heterocycles. The van der Waals surface area contributed by atoms with Crippen molar-refractivity contribution in [1.29, 1.82) is 0 Å². The molecule has 0 heterocycles. The summed E-state index contributed by atoms with van der Waals surface area (Å²) < 4.78 is 46.5. The normalized spacial score (nSPS) is 12.8. The van der Waals surface area contributed by atoms with Crippen molar-refractivity contribution < 1.29 is 22.6 Å². The van der Waals surface area contributed by atoms with Crippen LogP contribution in [0.15, 0.2) is 18.2 Å². The second-order valence-corrected chi connectivity index (χ2v) is 4.14. The highest BCUT2D eigenvalue weighted by atomic mass is 35.5. The minimum absolute atomic E-state index is 0.103. The summed E-state index contributed by atoms with van der Waals surface area (Å²) in [6.45, 7) is -0.507. The first kappa shape index (κ1) is 15.1. The SMILES string of the molecule is COc1ccc(C(Cl)CCOCC(F)F)cc1F. The zero-order valence-corrected chi connectivity index (χ0v) is 10.6. The van der Waals surface area contributed by atoms with Gasteiger partial charge in [0.25, 0.3) is 6.43 Å². The van der Waals surface area contributed by atoms with Crippen LogP contribution in [-0.2, 0) is 4.74 Å². The molecule has 18 heavy (non-hydrogen) atoms. The fraction of sp³-hybridized carbons (Fsp3) is 0.500. The van der Waals surface area contributed by atoms with Crippen LogP contribution >= 0.6 is 11.6 Å². The molecule has 0 aromatic heterocycles. The van der Waals surface area contributed by atoms with Gasteiger partial charge in [0, 0.05) is 6.61 Å². The van der Waals surface area contributed by atoms with Gasteiger partial charge < -0.3 is 9.47 Å². The lowest BCUT2D eigenvalue weighted by Crippen LogP contribution is -2.07. The minimum atomic E-state index is -2.49. The van der Waals surface area contributed by atoms with Crippen LogP contribution in [0.1, 0.15) is 17.4 Å². The van der Waals surface area contributed by atoms with Gasteiger partial charge in [-0.2, -0.15) is 0 Å². The number of alkyl halides is 3. The summed E-state index contributed by atoms with van der Waals surface area (Å²) in [4.78, 5) is 0. The van der Waals surface area contributed by atoms with E-state index in [4.69, 9.17) is 21.1 Å². The Bertz CT molecular complexity index is 374. The van der Waals surface area contributed by atoms with E-state index >= 15 is 0 Å². The van der Waals surface area contributed by atoms with Crippen molar-refractivity contribution in [2.45, 2.75) is 18.2 Å². The smallest absolute Gasteiger partial charge is 0.261 e. The van der Waals surface area contributed by atoms with Gasteiger partial charge in [-0.1, -0.05) is 6.07 Å². The van der Waals surface area contributed by atoms with E-state index in [0.717, 1.165) is 0 Å². The quantitative estimate of drug-likeness (QED) is 0.560. The first-order chi connectivity index (χ1) is 8.54. The molecule has 1 aromatic rings. The predicted molar refractivity (Wildman–Crippen MR) is 63.0 cm³/mol. The van der Waals surface area contributed by atoms with Crippen molar-refractivity contribution in [2.24, 2.45) is 0 Å². The molecule has 0 N–H and O–H groups in total. The lowest BCUT2D eigenvalue weighted by molar-refractivity contribution is 0.0165. The Labute approximate surface area is 109 Å². The summed E-state index contributed by atoms with van der Waals surface area (Å²) in [6.07, 6.45) is -2.16. The third-order valence-electron chi connectivity index (χ3n) is 2.30. The van der Waals surface area contributed by atoms with Crippen LogP contribution in [0.4, 0.5) is 13.2 Å². The van der Waals surface area contributed by atoms with Crippen LogP contribution in [0.3, 0.4) is 0 Å². The van der Waals surface area contributed by atoms with Gasteiger partial charge in [0.2, 0.25) is 0 Å². The summed E-state index contributed by atoms with van der Waals surface area (Å²) in [5.74, 6) is -0.370. The summed E-state index contributed by atoms with van der Waals surface area (Å²) >= 11 is 6.01. The van der Waals surface area contributed by atoms with Crippen molar-refractivity contribution in [2.75, 3.05) is 20.3 Å². The van der Waals surface area contributed by atoms with Gasteiger partial charge in [-0.05, 0) is 24.1 Å². The first-order valence-electron chi connectivity index (χ1n) is 5.38. The average Bonchev–Trinajstić information content (AvgIpc) is 2.34. The molecule has 0 radical (unpaired) electrons. The highest BCUT2D eigenvalue weighted by molar-refractivity contribution is 6.20. The van der Waals surface area contributed by atoms with Crippen molar-refractivity contribution in [3.63, 3.8) is 0 Å². The second kappa shape index (κ2) is 7.48. The molecule has 0 aliphatic heterocycles. The van der Waals surface area contributed by atoms with Gasteiger partial charge >= 0.3 is 0 Å². The van der Waals surface area contributed by atoms with E-state index in [9.17, 15) is 13.2 Å². The van der Waals surface area contributed by atoms with Crippen molar-refractivity contribution in [3.05, 3.63) is 29.6 Å². The van der Waals surface area contributed by atoms with E-state index < -0.39 is 24.2 Å². The molecule has 0 saturated carbocycles. The van der Waals surface area contributed by atoms with Gasteiger partial charge in [-0.15, -0.1) is 11.6 Å². The summed E-state index contributed by atoms with van der Waals surface area (Å²) in [6, 6.07) is 4.37. The number of ether oxygens (including phenoxy) is 2. The molecule has 102 valence electrons. The Balaban J connectivity index is 2.46. The molecule has 0 aliphatic carbocycles. The zero-order chi connectivity index (χ0) is 13.5. The maximum absolute atomic E-state index is 13.4. The summed E-state index contributed by atoms with van der Waals surface area (Å²) in [5, 5.41) is -0.483. The van der Waals surface area contributed by atoms with E-state index in [1.54, 1.807) is 6.07 Å². The molecule has 1 rings (SSSR count). The Morgan fingerprint density at radius 3 is 2.61 bits per heavy atom. The maximum Gasteiger partial charge on any atom is 0.261 e.